The van der Waals surface area contributed by atoms with E-state index in [1.807, 2.05) is 65.6 Å². The summed E-state index contributed by atoms with van der Waals surface area (Å²) in [4.78, 5) is 28.5. The van der Waals surface area contributed by atoms with Crippen LogP contribution in [0.5, 0.6) is 0 Å². The molecule has 0 aliphatic carbocycles. The lowest BCUT2D eigenvalue weighted by atomic mass is 10.1. The number of benzene rings is 3. The molecule has 1 N–H and O–H groups in total. The average molecular weight is 556 g/mol. The Kier molecular flexibility index (Phi) is 10.0. The van der Waals surface area contributed by atoms with Crippen LogP contribution in [0.15, 0.2) is 72.8 Å². The monoisotopic (exact) mass is 555 g/mol. The summed E-state index contributed by atoms with van der Waals surface area (Å²) in [5.41, 5.74) is 3.49. The molecule has 0 saturated carbocycles. The SMILES string of the molecule is COC(=O)c1ccc(CO[C@@H](CN2CCN(C(=O)NCc3ccc(Cl)cc3)CC2)c2ccc(Cl)cc2)cc1. The standard InChI is InChI=1S/C29H31Cl2N3O4/c1-37-28(35)24-6-2-22(3-7-24)20-38-27(23-8-12-26(31)13-9-23)19-33-14-16-34(17-15-33)29(36)32-18-21-4-10-25(30)11-5-21/h2-13,27H,14-20H2,1H3,(H,32,36)/t27-/m0/s1. The largest absolute Gasteiger partial charge is 0.465 e. The minimum absolute atomic E-state index is 0.0690. The first-order valence-electron chi connectivity index (χ1n) is 12.4. The molecule has 1 atom stereocenters. The van der Waals surface area contributed by atoms with Gasteiger partial charge in [-0.15, -0.1) is 0 Å². The molecular weight excluding hydrogens is 525 g/mol. The molecule has 1 aliphatic heterocycles. The zero-order chi connectivity index (χ0) is 26.9. The second kappa shape index (κ2) is 13.6. The number of nitrogens with zero attached hydrogens (tertiary/aromatic N) is 2. The molecule has 2 amide bonds. The van der Waals surface area contributed by atoms with Crippen molar-refractivity contribution in [1.82, 2.24) is 15.1 Å². The third-order valence-corrected chi connectivity index (χ3v) is 7.01. The quantitative estimate of drug-likeness (QED) is 0.350. The first-order chi connectivity index (χ1) is 18.4. The van der Waals surface area contributed by atoms with E-state index in [0.29, 0.717) is 48.4 Å². The average Bonchev–Trinajstić information content (AvgIpc) is 2.95. The van der Waals surface area contributed by atoms with E-state index in [2.05, 4.69) is 10.2 Å². The Bertz CT molecular complexity index is 1200. The van der Waals surface area contributed by atoms with E-state index in [-0.39, 0.29) is 18.1 Å². The second-order valence-electron chi connectivity index (χ2n) is 9.11. The minimum atomic E-state index is -0.366. The maximum Gasteiger partial charge on any atom is 0.337 e. The number of nitrogens with one attached hydrogen (secondary N) is 1. The van der Waals surface area contributed by atoms with Crippen molar-refractivity contribution in [1.29, 1.82) is 0 Å². The topological polar surface area (TPSA) is 71.1 Å². The number of methoxy groups -OCH3 is 1. The van der Waals surface area contributed by atoms with Gasteiger partial charge in [0.05, 0.1) is 25.4 Å². The summed E-state index contributed by atoms with van der Waals surface area (Å²) in [5, 5.41) is 4.33. The zero-order valence-corrected chi connectivity index (χ0v) is 22.8. The van der Waals surface area contributed by atoms with Crippen molar-refractivity contribution in [2.75, 3.05) is 39.8 Å². The van der Waals surface area contributed by atoms with Crippen molar-refractivity contribution in [3.8, 4) is 0 Å². The molecule has 0 aromatic heterocycles. The van der Waals surface area contributed by atoms with Gasteiger partial charge in [0, 0.05) is 49.3 Å². The molecular formula is C29H31Cl2N3O4. The summed E-state index contributed by atoms with van der Waals surface area (Å²) in [5.74, 6) is -0.366. The Hall–Kier alpha value is -3.10. The fourth-order valence-corrected chi connectivity index (χ4v) is 4.50. The molecule has 3 aromatic rings. The highest BCUT2D eigenvalue weighted by atomic mass is 35.5. The summed E-state index contributed by atoms with van der Waals surface area (Å²) in [6.45, 7) is 4.29. The molecule has 9 heteroatoms. The number of hydrogen-bond acceptors (Lipinski definition) is 5. The van der Waals surface area contributed by atoms with Gasteiger partial charge < -0.3 is 19.7 Å². The van der Waals surface area contributed by atoms with Crippen LogP contribution in [0.1, 0.15) is 33.2 Å². The van der Waals surface area contributed by atoms with Crippen molar-refractivity contribution < 1.29 is 19.1 Å². The van der Waals surface area contributed by atoms with Crippen LogP contribution in [0.25, 0.3) is 0 Å². The molecule has 1 fully saturated rings. The van der Waals surface area contributed by atoms with Crippen molar-refractivity contribution in [2.45, 2.75) is 19.3 Å². The van der Waals surface area contributed by atoms with E-state index >= 15 is 0 Å². The molecule has 4 rings (SSSR count). The van der Waals surface area contributed by atoms with Crippen LogP contribution in [0, 0.1) is 0 Å². The highest BCUT2D eigenvalue weighted by Crippen LogP contribution is 2.23. The number of rotatable bonds is 9. The molecule has 0 radical (unpaired) electrons. The van der Waals surface area contributed by atoms with Gasteiger partial charge in [-0.05, 0) is 53.1 Å². The maximum absolute atomic E-state index is 12.7. The van der Waals surface area contributed by atoms with Gasteiger partial charge in [-0.1, -0.05) is 59.6 Å². The lowest BCUT2D eigenvalue weighted by Gasteiger charge is -2.36. The minimum Gasteiger partial charge on any atom is -0.465 e. The normalized spacial score (nSPS) is 14.7. The summed E-state index contributed by atoms with van der Waals surface area (Å²) in [7, 11) is 1.36. The molecule has 0 spiro atoms. The van der Waals surface area contributed by atoms with Crippen molar-refractivity contribution in [3.05, 3.63) is 105 Å². The van der Waals surface area contributed by atoms with Gasteiger partial charge in [0.2, 0.25) is 0 Å². The third-order valence-electron chi connectivity index (χ3n) is 6.51. The van der Waals surface area contributed by atoms with E-state index in [1.54, 1.807) is 12.1 Å². The molecule has 0 unspecified atom stereocenters. The molecule has 1 heterocycles. The van der Waals surface area contributed by atoms with Crippen LogP contribution in [0.3, 0.4) is 0 Å². The summed E-state index contributed by atoms with van der Waals surface area (Å²) < 4.78 is 11.1. The van der Waals surface area contributed by atoms with E-state index in [4.69, 9.17) is 32.7 Å². The number of amides is 2. The highest BCUT2D eigenvalue weighted by molar-refractivity contribution is 6.30. The van der Waals surface area contributed by atoms with Gasteiger partial charge in [-0.3, -0.25) is 4.90 Å². The van der Waals surface area contributed by atoms with Gasteiger partial charge in [-0.25, -0.2) is 9.59 Å². The van der Waals surface area contributed by atoms with Gasteiger partial charge in [-0.2, -0.15) is 0 Å². The van der Waals surface area contributed by atoms with Crippen LogP contribution in [0.4, 0.5) is 4.79 Å². The molecule has 0 bridgehead atoms. The van der Waals surface area contributed by atoms with Crippen molar-refractivity contribution >= 4 is 35.2 Å². The maximum atomic E-state index is 12.7. The van der Waals surface area contributed by atoms with Crippen LogP contribution < -0.4 is 5.32 Å². The number of esters is 1. The molecule has 200 valence electrons. The number of hydrogen-bond donors (Lipinski definition) is 1. The lowest BCUT2D eigenvalue weighted by Crippen LogP contribution is -2.52. The van der Waals surface area contributed by atoms with E-state index in [9.17, 15) is 9.59 Å². The summed E-state index contributed by atoms with van der Waals surface area (Å²) in [6.07, 6.45) is -0.183. The van der Waals surface area contributed by atoms with Gasteiger partial charge in [0.25, 0.3) is 0 Å². The third kappa shape index (κ3) is 7.95. The number of halogens is 2. The van der Waals surface area contributed by atoms with Crippen LogP contribution in [-0.4, -0.2) is 61.6 Å². The Balaban J connectivity index is 1.31. The lowest BCUT2D eigenvalue weighted by molar-refractivity contribution is 0.00554. The van der Waals surface area contributed by atoms with E-state index in [0.717, 1.165) is 29.8 Å². The van der Waals surface area contributed by atoms with Crippen LogP contribution in [0.2, 0.25) is 10.0 Å². The van der Waals surface area contributed by atoms with E-state index < -0.39 is 0 Å². The predicted octanol–water partition coefficient (Wildman–Crippen LogP) is 5.57. The highest BCUT2D eigenvalue weighted by Gasteiger charge is 2.24. The second-order valence-corrected chi connectivity index (χ2v) is 9.99. The molecule has 38 heavy (non-hydrogen) atoms. The molecule has 7 nitrogen and oxygen atoms in total. The Morgan fingerprint density at radius 3 is 2.03 bits per heavy atom. The van der Waals surface area contributed by atoms with Crippen LogP contribution >= 0.6 is 23.2 Å². The van der Waals surface area contributed by atoms with E-state index in [1.165, 1.54) is 7.11 Å². The molecule has 3 aromatic carbocycles. The Morgan fingerprint density at radius 2 is 1.42 bits per heavy atom. The number of ether oxygens (including phenoxy) is 2. The summed E-state index contributed by atoms with van der Waals surface area (Å²) in [6, 6.07) is 22.3. The Labute approximate surface area is 233 Å². The number of piperazine rings is 1. The van der Waals surface area contributed by atoms with Gasteiger partial charge in [0.15, 0.2) is 0 Å². The fraction of sp³-hybridized carbons (Fsp3) is 0.310. The van der Waals surface area contributed by atoms with Gasteiger partial charge >= 0.3 is 12.0 Å². The smallest absolute Gasteiger partial charge is 0.337 e. The first kappa shape index (κ1) is 27.9. The summed E-state index contributed by atoms with van der Waals surface area (Å²) >= 11 is 12.0. The number of carbonyl (C=O) groups is 2. The number of urea groups is 1. The van der Waals surface area contributed by atoms with Crippen LogP contribution in [-0.2, 0) is 22.6 Å². The number of carbonyl (C=O) groups excluding carboxylic acids is 2. The Morgan fingerprint density at radius 1 is 0.842 bits per heavy atom. The fourth-order valence-electron chi connectivity index (χ4n) is 4.24. The molecule has 1 saturated heterocycles. The first-order valence-corrected chi connectivity index (χ1v) is 13.2. The van der Waals surface area contributed by atoms with Crippen molar-refractivity contribution in [2.24, 2.45) is 0 Å². The van der Waals surface area contributed by atoms with Gasteiger partial charge in [0.1, 0.15) is 0 Å². The molecule has 1 aliphatic rings. The zero-order valence-electron chi connectivity index (χ0n) is 21.2. The predicted molar refractivity (Wildman–Crippen MR) is 148 cm³/mol. The van der Waals surface area contributed by atoms with Crippen molar-refractivity contribution in [3.63, 3.8) is 0 Å².